The second-order valence-electron chi connectivity index (χ2n) is 4.68. The number of amides is 2. The number of hydrogen-bond donors (Lipinski definition) is 2. The summed E-state index contributed by atoms with van der Waals surface area (Å²) in [5.74, 6) is -0.325. The minimum absolute atomic E-state index is 0.0420. The Bertz CT molecular complexity index is 521. The smallest absolute Gasteiger partial charge is 0.243 e. The van der Waals surface area contributed by atoms with Crippen LogP contribution in [0.15, 0.2) is 24.3 Å². The quantitative estimate of drug-likeness (QED) is 0.785. The Labute approximate surface area is 111 Å². The maximum absolute atomic E-state index is 11.6. The molecule has 100 valence electrons. The highest BCUT2D eigenvalue weighted by atomic mass is 16.2. The second kappa shape index (κ2) is 5.65. The lowest BCUT2D eigenvalue weighted by molar-refractivity contribution is -0.125. The number of hydrogen-bond acceptors (Lipinski definition) is 3. The summed E-state index contributed by atoms with van der Waals surface area (Å²) in [4.78, 5) is 34.2. The van der Waals surface area contributed by atoms with Gasteiger partial charge in [0.05, 0.1) is 6.54 Å². The number of carbonyl (C=O) groups is 3. The van der Waals surface area contributed by atoms with Gasteiger partial charge in [0, 0.05) is 17.2 Å². The van der Waals surface area contributed by atoms with E-state index in [2.05, 4.69) is 10.6 Å². The van der Waals surface area contributed by atoms with Crippen LogP contribution in [-0.2, 0) is 9.59 Å². The molecule has 5 nitrogen and oxygen atoms in total. The predicted molar refractivity (Wildman–Crippen MR) is 70.8 cm³/mol. The molecule has 1 saturated carbocycles. The van der Waals surface area contributed by atoms with Crippen molar-refractivity contribution in [3.63, 3.8) is 0 Å². The molecule has 5 heteroatoms. The van der Waals surface area contributed by atoms with E-state index in [4.69, 9.17) is 0 Å². The number of Topliss-reactive ketones (excluding diaryl/α,β-unsaturated/α-hetero) is 1. The molecule has 2 rings (SSSR count). The molecule has 0 spiro atoms. The van der Waals surface area contributed by atoms with Gasteiger partial charge in [-0.25, -0.2) is 0 Å². The molecule has 1 aliphatic rings. The standard InChI is InChI=1S/C14H16N2O3/c1-9(17)11-3-2-4-12(7-11)16-13(18)8-15-14(19)10-5-6-10/h2-4,7,10H,5-6,8H2,1H3,(H,15,19)(H,16,18). The Morgan fingerprint density at radius 1 is 1.26 bits per heavy atom. The number of rotatable bonds is 5. The fraction of sp³-hybridized carbons (Fsp3) is 0.357. The molecule has 0 radical (unpaired) electrons. The molecule has 0 saturated heterocycles. The van der Waals surface area contributed by atoms with Crippen LogP contribution >= 0.6 is 0 Å². The predicted octanol–water partition coefficient (Wildman–Crippen LogP) is 1.35. The van der Waals surface area contributed by atoms with Gasteiger partial charge in [-0.1, -0.05) is 12.1 Å². The molecule has 19 heavy (non-hydrogen) atoms. The summed E-state index contributed by atoms with van der Waals surface area (Å²) in [6.07, 6.45) is 1.82. The third kappa shape index (κ3) is 3.91. The first-order chi connectivity index (χ1) is 9.06. The Balaban J connectivity index is 1.85. The van der Waals surface area contributed by atoms with Crippen molar-refractivity contribution in [1.29, 1.82) is 0 Å². The molecule has 0 heterocycles. The van der Waals surface area contributed by atoms with Gasteiger partial charge in [0.1, 0.15) is 0 Å². The van der Waals surface area contributed by atoms with Gasteiger partial charge < -0.3 is 10.6 Å². The maximum Gasteiger partial charge on any atom is 0.243 e. The van der Waals surface area contributed by atoms with Crippen LogP contribution in [0.25, 0.3) is 0 Å². The van der Waals surface area contributed by atoms with Gasteiger partial charge in [-0.15, -0.1) is 0 Å². The van der Waals surface area contributed by atoms with Crippen LogP contribution in [0, 0.1) is 5.92 Å². The number of nitrogens with one attached hydrogen (secondary N) is 2. The molecule has 0 aromatic heterocycles. The largest absolute Gasteiger partial charge is 0.347 e. The molecule has 0 aliphatic heterocycles. The minimum atomic E-state index is -0.297. The summed E-state index contributed by atoms with van der Waals surface area (Å²) in [6.45, 7) is 1.43. The zero-order chi connectivity index (χ0) is 13.8. The zero-order valence-corrected chi connectivity index (χ0v) is 10.7. The lowest BCUT2D eigenvalue weighted by atomic mass is 10.1. The van der Waals surface area contributed by atoms with Crippen LogP contribution in [0.3, 0.4) is 0 Å². The first kappa shape index (κ1) is 13.3. The lowest BCUT2D eigenvalue weighted by Crippen LogP contribution is -2.33. The van der Waals surface area contributed by atoms with Crippen molar-refractivity contribution in [1.82, 2.24) is 5.32 Å². The molecule has 1 fully saturated rings. The number of ketones is 1. The summed E-state index contributed by atoms with van der Waals surface area (Å²) in [5, 5.41) is 5.23. The molecule has 1 aliphatic carbocycles. The van der Waals surface area contributed by atoms with Crippen LogP contribution < -0.4 is 10.6 Å². The summed E-state index contributed by atoms with van der Waals surface area (Å²) >= 11 is 0. The van der Waals surface area contributed by atoms with Gasteiger partial charge in [-0.3, -0.25) is 14.4 Å². The Kier molecular flexibility index (Phi) is 3.94. The highest BCUT2D eigenvalue weighted by Crippen LogP contribution is 2.28. The number of benzene rings is 1. The van der Waals surface area contributed by atoms with Crippen molar-refractivity contribution in [3.8, 4) is 0 Å². The van der Waals surface area contributed by atoms with E-state index in [0.717, 1.165) is 12.8 Å². The van der Waals surface area contributed by atoms with E-state index in [0.29, 0.717) is 11.3 Å². The zero-order valence-electron chi connectivity index (χ0n) is 10.7. The topological polar surface area (TPSA) is 75.3 Å². The molecule has 1 aromatic rings. The molecule has 0 atom stereocenters. The average Bonchev–Trinajstić information content (AvgIpc) is 3.20. The number of anilines is 1. The highest BCUT2D eigenvalue weighted by molar-refractivity contribution is 5.98. The van der Waals surface area contributed by atoms with E-state index in [9.17, 15) is 14.4 Å². The van der Waals surface area contributed by atoms with E-state index in [1.807, 2.05) is 0 Å². The summed E-state index contributed by atoms with van der Waals surface area (Å²) < 4.78 is 0. The monoisotopic (exact) mass is 260 g/mol. The molecule has 0 unspecified atom stereocenters. The van der Waals surface area contributed by atoms with Crippen LogP contribution in [0.5, 0.6) is 0 Å². The summed E-state index contributed by atoms with van der Waals surface area (Å²) in [5.41, 5.74) is 1.10. The van der Waals surface area contributed by atoms with E-state index >= 15 is 0 Å². The molecule has 0 bridgehead atoms. The average molecular weight is 260 g/mol. The summed E-state index contributed by atoms with van der Waals surface area (Å²) in [7, 11) is 0. The van der Waals surface area contributed by atoms with Crippen LogP contribution in [0.4, 0.5) is 5.69 Å². The van der Waals surface area contributed by atoms with Gasteiger partial charge >= 0.3 is 0 Å². The Morgan fingerprint density at radius 3 is 2.63 bits per heavy atom. The van der Waals surface area contributed by atoms with E-state index < -0.39 is 0 Å². The number of carbonyl (C=O) groups excluding carboxylic acids is 3. The van der Waals surface area contributed by atoms with Crippen molar-refractivity contribution in [2.24, 2.45) is 5.92 Å². The normalized spacial score (nSPS) is 13.7. The van der Waals surface area contributed by atoms with Crippen molar-refractivity contribution in [3.05, 3.63) is 29.8 Å². The highest BCUT2D eigenvalue weighted by Gasteiger charge is 2.29. The van der Waals surface area contributed by atoms with Crippen LogP contribution in [-0.4, -0.2) is 24.1 Å². The van der Waals surface area contributed by atoms with Crippen molar-refractivity contribution < 1.29 is 14.4 Å². The van der Waals surface area contributed by atoms with E-state index in [1.165, 1.54) is 6.92 Å². The van der Waals surface area contributed by atoms with E-state index in [-0.39, 0.29) is 30.1 Å². The van der Waals surface area contributed by atoms with Crippen molar-refractivity contribution in [2.75, 3.05) is 11.9 Å². The molecular weight excluding hydrogens is 244 g/mol. The van der Waals surface area contributed by atoms with Gasteiger partial charge in [0.25, 0.3) is 0 Å². The fourth-order valence-corrected chi connectivity index (χ4v) is 1.68. The van der Waals surface area contributed by atoms with Crippen molar-refractivity contribution in [2.45, 2.75) is 19.8 Å². The third-order valence-corrected chi connectivity index (χ3v) is 2.92. The van der Waals surface area contributed by atoms with Crippen LogP contribution in [0.1, 0.15) is 30.1 Å². The van der Waals surface area contributed by atoms with Crippen molar-refractivity contribution >= 4 is 23.3 Å². The van der Waals surface area contributed by atoms with Gasteiger partial charge in [-0.05, 0) is 31.9 Å². The third-order valence-electron chi connectivity index (χ3n) is 2.92. The minimum Gasteiger partial charge on any atom is -0.347 e. The SMILES string of the molecule is CC(=O)c1cccc(NC(=O)CNC(=O)C2CC2)c1. The van der Waals surface area contributed by atoms with E-state index in [1.54, 1.807) is 24.3 Å². The van der Waals surface area contributed by atoms with Gasteiger partial charge in [0.15, 0.2) is 5.78 Å². The maximum atomic E-state index is 11.6. The lowest BCUT2D eigenvalue weighted by Gasteiger charge is -2.07. The molecule has 2 N–H and O–H groups in total. The van der Waals surface area contributed by atoms with Gasteiger partial charge in [-0.2, -0.15) is 0 Å². The Morgan fingerprint density at radius 2 is 2.00 bits per heavy atom. The molecule has 2 amide bonds. The van der Waals surface area contributed by atoms with Crippen LogP contribution in [0.2, 0.25) is 0 Å². The Hall–Kier alpha value is -2.17. The first-order valence-electron chi connectivity index (χ1n) is 6.25. The van der Waals surface area contributed by atoms with Gasteiger partial charge in [0.2, 0.25) is 11.8 Å². The molecule has 1 aromatic carbocycles. The fourth-order valence-electron chi connectivity index (χ4n) is 1.68. The second-order valence-corrected chi connectivity index (χ2v) is 4.68. The first-order valence-corrected chi connectivity index (χ1v) is 6.25. The molecular formula is C14H16N2O3. The summed E-state index contributed by atoms with van der Waals surface area (Å²) in [6, 6.07) is 6.71.